The molecule has 2 N–H and O–H groups in total. The van der Waals surface area contributed by atoms with Crippen LogP contribution in [0.4, 0.5) is 9.52 Å². The molecule has 2 heterocycles. The van der Waals surface area contributed by atoms with Crippen molar-refractivity contribution in [1.29, 1.82) is 0 Å². The van der Waals surface area contributed by atoms with Gasteiger partial charge in [-0.25, -0.2) is 9.37 Å². The Hall–Kier alpha value is -3.00. The predicted molar refractivity (Wildman–Crippen MR) is 100 cm³/mol. The Bertz CT molecular complexity index is 980. The van der Waals surface area contributed by atoms with Crippen LogP contribution in [-0.4, -0.2) is 23.3 Å². The second kappa shape index (κ2) is 8.13. The van der Waals surface area contributed by atoms with Crippen LogP contribution in [-0.2, 0) is 11.2 Å². The lowest BCUT2D eigenvalue weighted by atomic mass is 10.1. The summed E-state index contributed by atoms with van der Waals surface area (Å²) in [4.78, 5) is 29.2. The van der Waals surface area contributed by atoms with Crippen LogP contribution in [0.25, 0.3) is 0 Å². The van der Waals surface area contributed by atoms with E-state index in [-0.39, 0.29) is 18.3 Å². The van der Waals surface area contributed by atoms with Crippen LogP contribution >= 0.6 is 11.3 Å². The molecule has 0 atom stereocenters. The van der Waals surface area contributed by atoms with E-state index in [9.17, 15) is 14.0 Å². The molecule has 0 radical (unpaired) electrons. The van der Waals surface area contributed by atoms with E-state index in [1.54, 1.807) is 31.2 Å². The fourth-order valence-electron chi connectivity index (χ4n) is 2.50. The maximum Gasteiger partial charge on any atom is 0.255 e. The van der Waals surface area contributed by atoms with Crippen LogP contribution in [0.5, 0.6) is 0 Å². The van der Waals surface area contributed by atoms with Gasteiger partial charge in [-0.05, 0) is 31.5 Å². The molecule has 0 aliphatic carbocycles. The molecule has 0 spiro atoms. The lowest BCUT2D eigenvalue weighted by Crippen LogP contribution is -2.32. The molecule has 140 valence electrons. The molecule has 0 aliphatic rings. The summed E-state index contributed by atoms with van der Waals surface area (Å²) >= 11 is 1.29. The molecule has 2 amide bonds. The predicted octanol–water partition coefficient (Wildman–Crippen LogP) is 3.45. The average molecular weight is 387 g/mol. The zero-order chi connectivity index (χ0) is 19.4. The number of benzene rings is 1. The quantitative estimate of drug-likeness (QED) is 0.679. The van der Waals surface area contributed by atoms with E-state index in [4.69, 9.17) is 4.42 Å². The summed E-state index contributed by atoms with van der Waals surface area (Å²) in [5.41, 5.74) is 1.70. The maximum absolute atomic E-state index is 13.8. The van der Waals surface area contributed by atoms with Crippen molar-refractivity contribution in [1.82, 2.24) is 10.3 Å². The molecule has 0 saturated heterocycles. The number of thiazole rings is 1. The summed E-state index contributed by atoms with van der Waals surface area (Å²) in [6.07, 6.45) is 1.82. The SMILES string of the molecule is Cc1nc(NC(=O)CNC(=O)c2ccoc2C)sc1Cc1ccccc1F. The van der Waals surface area contributed by atoms with Gasteiger partial charge in [0.15, 0.2) is 5.13 Å². The van der Waals surface area contributed by atoms with Crippen molar-refractivity contribution in [3.05, 3.63) is 69.9 Å². The minimum absolute atomic E-state index is 0.190. The normalized spacial score (nSPS) is 10.6. The third-order valence-corrected chi connectivity index (χ3v) is 5.03. The molecular formula is C19H18FN3O3S. The number of hydrogen-bond acceptors (Lipinski definition) is 5. The van der Waals surface area contributed by atoms with E-state index in [2.05, 4.69) is 15.6 Å². The van der Waals surface area contributed by atoms with Gasteiger partial charge in [0, 0.05) is 11.3 Å². The van der Waals surface area contributed by atoms with Crippen LogP contribution in [0.3, 0.4) is 0 Å². The summed E-state index contributed by atoms with van der Waals surface area (Å²) < 4.78 is 18.9. The highest BCUT2D eigenvalue weighted by atomic mass is 32.1. The Balaban J connectivity index is 1.58. The molecule has 0 unspecified atom stereocenters. The zero-order valence-corrected chi connectivity index (χ0v) is 15.7. The van der Waals surface area contributed by atoms with Gasteiger partial charge < -0.3 is 15.1 Å². The first-order valence-corrected chi connectivity index (χ1v) is 9.07. The van der Waals surface area contributed by atoms with E-state index in [1.165, 1.54) is 23.7 Å². The Morgan fingerprint density at radius 2 is 2.00 bits per heavy atom. The summed E-state index contributed by atoms with van der Waals surface area (Å²) in [6.45, 7) is 3.29. The summed E-state index contributed by atoms with van der Waals surface area (Å²) in [5, 5.41) is 5.60. The van der Waals surface area contributed by atoms with Crippen LogP contribution in [0.2, 0.25) is 0 Å². The number of aryl methyl sites for hydroxylation is 2. The van der Waals surface area contributed by atoms with E-state index in [0.717, 1.165) is 10.6 Å². The molecule has 0 aliphatic heterocycles. The summed E-state index contributed by atoms with van der Waals surface area (Å²) in [7, 11) is 0. The van der Waals surface area contributed by atoms with Gasteiger partial charge in [-0.3, -0.25) is 9.59 Å². The van der Waals surface area contributed by atoms with Crippen molar-refractivity contribution in [2.45, 2.75) is 20.3 Å². The number of aromatic nitrogens is 1. The molecule has 6 nitrogen and oxygen atoms in total. The number of hydrogen-bond donors (Lipinski definition) is 2. The largest absolute Gasteiger partial charge is 0.469 e. The van der Waals surface area contributed by atoms with Crippen molar-refractivity contribution in [2.75, 3.05) is 11.9 Å². The second-order valence-electron chi connectivity index (χ2n) is 5.92. The highest BCUT2D eigenvalue weighted by molar-refractivity contribution is 7.15. The van der Waals surface area contributed by atoms with Crippen molar-refractivity contribution in [3.8, 4) is 0 Å². The van der Waals surface area contributed by atoms with Gasteiger partial charge in [0.1, 0.15) is 11.6 Å². The van der Waals surface area contributed by atoms with Crippen LogP contribution in [0.15, 0.2) is 41.0 Å². The number of carbonyl (C=O) groups is 2. The summed E-state index contributed by atoms with van der Waals surface area (Å²) in [6, 6.07) is 8.10. The molecule has 1 aromatic carbocycles. The smallest absolute Gasteiger partial charge is 0.255 e. The van der Waals surface area contributed by atoms with Gasteiger partial charge in [-0.15, -0.1) is 11.3 Å². The molecule has 0 bridgehead atoms. The van der Waals surface area contributed by atoms with Crippen LogP contribution in [0.1, 0.15) is 32.3 Å². The molecule has 2 aromatic heterocycles. The molecule has 3 aromatic rings. The monoisotopic (exact) mass is 387 g/mol. The standard InChI is InChI=1S/C19H18FN3O3S/c1-11-16(9-13-5-3-4-6-15(13)20)27-19(22-11)23-17(24)10-21-18(25)14-7-8-26-12(14)2/h3-8H,9-10H2,1-2H3,(H,21,25)(H,22,23,24). The number of rotatable bonds is 6. The van der Waals surface area contributed by atoms with Crippen molar-refractivity contribution >= 4 is 28.3 Å². The van der Waals surface area contributed by atoms with Crippen LogP contribution in [0, 0.1) is 19.7 Å². The van der Waals surface area contributed by atoms with Crippen molar-refractivity contribution < 1.29 is 18.4 Å². The number of halogens is 1. The molecular weight excluding hydrogens is 369 g/mol. The number of amides is 2. The highest BCUT2D eigenvalue weighted by Gasteiger charge is 2.15. The lowest BCUT2D eigenvalue weighted by molar-refractivity contribution is -0.115. The van der Waals surface area contributed by atoms with Crippen molar-refractivity contribution in [2.24, 2.45) is 0 Å². The number of anilines is 1. The fraction of sp³-hybridized carbons (Fsp3) is 0.211. The van der Waals surface area contributed by atoms with Gasteiger partial charge >= 0.3 is 0 Å². The van der Waals surface area contributed by atoms with Gasteiger partial charge in [-0.2, -0.15) is 0 Å². The minimum atomic E-state index is -0.393. The summed E-state index contributed by atoms with van der Waals surface area (Å²) in [5.74, 6) is -0.558. The third kappa shape index (κ3) is 4.59. The molecule has 8 heteroatoms. The number of nitrogens with one attached hydrogen (secondary N) is 2. The second-order valence-corrected chi connectivity index (χ2v) is 7.00. The van der Waals surface area contributed by atoms with Gasteiger partial charge in [0.2, 0.25) is 5.91 Å². The Morgan fingerprint density at radius 3 is 2.70 bits per heavy atom. The highest BCUT2D eigenvalue weighted by Crippen LogP contribution is 2.26. The first kappa shape index (κ1) is 18.8. The van der Waals surface area contributed by atoms with E-state index in [0.29, 0.717) is 28.4 Å². The number of furan rings is 1. The maximum atomic E-state index is 13.8. The van der Waals surface area contributed by atoms with Crippen LogP contribution < -0.4 is 10.6 Å². The molecule has 0 saturated carbocycles. The van der Waals surface area contributed by atoms with Crippen molar-refractivity contribution in [3.63, 3.8) is 0 Å². The zero-order valence-electron chi connectivity index (χ0n) is 14.8. The van der Waals surface area contributed by atoms with E-state index in [1.807, 2.05) is 6.92 Å². The molecule has 0 fully saturated rings. The lowest BCUT2D eigenvalue weighted by Gasteiger charge is -2.04. The third-order valence-electron chi connectivity index (χ3n) is 3.96. The number of nitrogens with zero attached hydrogens (tertiary/aromatic N) is 1. The Labute approximate surface area is 159 Å². The van der Waals surface area contributed by atoms with Gasteiger partial charge in [0.05, 0.1) is 24.1 Å². The Morgan fingerprint density at radius 1 is 1.22 bits per heavy atom. The van der Waals surface area contributed by atoms with Gasteiger partial charge in [-0.1, -0.05) is 18.2 Å². The number of carbonyl (C=O) groups excluding carboxylic acids is 2. The minimum Gasteiger partial charge on any atom is -0.469 e. The molecule has 3 rings (SSSR count). The van der Waals surface area contributed by atoms with E-state index >= 15 is 0 Å². The fourth-order valence-corrected chi connectivity index (χ4v) is 3.50. The Kier molecular flexibility index (Phi) is 5.66. The average Bonchev–Trinajstić information content (AvgIpc) is 3.20. The van der Waals surface area contributed by atoms with Gasteiger partial charge in [0.25, 0.3) is 5.91 Å². The molecule has 27 heavy (non-hydrogen) atoms. The first-order valence-electron chi connectivity index (χ1n) is 8.26. The topological polar surface area (TPSA) is 84.2 Å². The van der Waals surface area contributed by atoms with E-state index < -0.39 is 5.91 Å². The first-order chi connectivity index (χ1) is 12.9.